The molecule has 198 valence electrons. The fourth-order valence-electron chi connectivity index (χ4n) is 3.62. The van der Waals surface area contributed by atoms with Crippen LogP contribution in [0.25, 0.3) is 10.8 Å². The van der Waals surface area contributed by atoms with Crippen LogP contribution in [0, 0.1) is 0 Å². The van der Waals surface area contributed by atoms with Gasteiger partial charge in [-0.1, -0.05) is 18.2 Å². The number of phenols is 1. The topological polar surface area (TPSA) is 179 Å². The molecule has 4 aromatic rings. The number of aromatic hydroxyl groups is 1. The Morgan fingerprint density at radius 3 is 2.05 bits per heavy atom. The normalized spacial score (nSPS) is 11.3. The summed E-state index contributed by atoms with van der Waals surface area (Å²) < 4.78 is 67.7. The van der Waals surface area contributed by atoms with Gasteiger partial charge in [0.2, 0.25) is 0 Å². The molecule has 0 atom stereocenters. The third-order valence-electron chi connectivity index (χ3n) is 5.28. The van der Waals surface area contributed by atoms with Crippen LogP contribution in [-0.2, 0) is 20.3 Å². The summed E-state index contributed by atoms with van der Waals surface area (Å²) >= 11 is 0. The maximum absolute atomic E-state index is 13.0. The van der Waals surface area contributed by atoms with Crippen LogP contribution in [-0.4, -0.2) is 68.0 Å². The van der Waals surface area contributed by atoms with Crippen molar-refractivity contribution >= 4 is 89.7 Å². The molecule has 0 heterocycles. The number of rotatable bonds is 6. The molecule has 39 heavy (non-hydrogen) atoms. The van der Waals surface area contributed by atoms with Crippen LogP contribution in [0.15, 0.2) is 88.7 Å². The summed E-state index contributed by atoms with van der Waals surface area (Å²) in [5, 5.41) is 17.8. The molecule has 11 nitrogen and oxygen atoms in total. The molecule has 15 heteroatoms. The molecule has 0 spiro atoms. The van der Waals surface area contributed by atoms with E-state index in [0.717, 1.165) is 18.2 Å². The first-order valence-corrected chi connectivity index (χ1v) is 13.4. The van der Waals surface area contributed by atoms with Crippen molar-refractivity contribution in [2.75, 3.05) is 16.0 Å². The molecule has 0 saturated carbocycles. The van der Waals surface area contributed by atoms with E-state index in [4.69, 9.17) is 0 Å². The van der Waals surface area contributed by atoms with E-state index in [1.807, 2.05) is 0 Å². The van der Waals surface area contributed by atoms with E-state index in [-0.39, 0.29) is 68.7 Å². The number of hydrogen-bond donors (Lipinski definition) is 5. The Labute approximate surface area is 244 Å². The van der Waals surface area contributed by atoms with E-state index in [1.165, 1.54) is 60.7 Å². The molecule has 0 aliphatic rings. The fourth-order valence-corrected chi connectivity index (χ4v) is 4.77. The summed E-state index contributed by atoms with van der Waals surface area (Å²) in [5.41, 5.74) is 0.574. The zero-order valence-electron chi connectivity index (χ0n) is 19.0. The zero-order valence-corrected chi connectivity index (χ0v) is 20.7. The summed E-state index contributed by atoms with van der Waals surface area (Å²) in [6.07, 6.45) is 0. The Bertz CT molecular complexity index is 1800. The monoisotopic (exact) mass is 583 g/mol. The van der Waals surface area contributed by atoms with Crippen LogP contribution < -0.4 is 16.0 Å². The van der Waals surface area contributed by atoms with Gasteiger partial charge < -0.3 is 21.1 Å². The van der Waals surface area contributed by atoms with Gasteiger partial charge in [0.25, 0.3) is 16.0 Å². The van der Waals surface area contributed by atoms with Gasteiger partial charge in [-0.15, -0.1) is 3.89 Å². The molecule has 0 unspecified atom stereocenters. The van der Waals surface area contributed by atoms with E-state index in [9.17, 15) is 40.0 Å². The van der Waals surface area contributed by atoms with Crippen molar-refractivity contribution in [2.45, 2.75) is 9.79 Å². The number of phenolic OH excluding ortho intramolecular Hbond substituents is 1. The molecule has 0 aromatic heterocycles. The van der Waals surface area contributed by atoms with Crippen molar-refractivity contribution in [3.8, 4) is 5.75 Å². The number of halogens is 1. The molecule has 0 saturated heterocycles. The van der Waals surface area contributed by atoms with Gasteiger partial charge >= 0.3 is 45.8 Å². The van der Waals surface area contributed by atoms with E-state index in [1.54, 1.807) is 0 Å². The van der Waals surface area contributed by atoms with Crippen LogP contribution in [0.2, 0.25) is 0 Å². The van der Waals surface area contributed by atoms with Crippen LogP contribution in [0.3, 0.4) is 0 Å². The maximum atomic E-state index is 13.0. The van der Waals surface area contributed by atoms with Gasteiger partial charge in [0.05, 0.1) is 10.6 Å². The van der Waals surface area contributed by atoms with Crippen LogP contribution in [0.5, 0.6) is 5.75 Å². The Hall–Kier alpha value is -3.53. The second-order valence-corrected chi connectivity index (χ2v) is 10.6. The third kappa shape index (κ3) is 7.11. The number of benzene rings is 4. The first-order chi connectivity index (χ1) is 17.8. The Morgan fingerprint density at radius 1 is 0.769 bits per heavy atom. The standard InChI is InChI=1S/C24H18FN3O8S2.Na.H/c25-37(32,33)17-9-7-15(8-10-17)26-24(31)27-16-4-1-3-14(13-16)23(30)28-19-11-12-21(38(34,35)36)18-5-2-6-20(29)22(18)19;;/h1-13,29H,(H,28,30)(H2,26,27,31)(H,34,35,36);;. The van der Waals surface area contributed by atoms with Crippen LogP contribution in [0.4, 0.5) is 25.7 Å². The Morgan fingerprint density at radius 2 is 1.41 bits per heavy atom. The quantitative estimate of drug-likeness (QED) is 0.130. The molecular formula is C24H19FN3NaO8S2. The first-order valence-electron chi connectivity index (χ1n) is 10.6. The summed E-state index contributed by atoms with van der Waals surface area (Å²) in [5.74, 6) is -0.978. The van der Waals surface area contributed by atoms with Gasteiger partial charge in [-0.3, -0.25) is 9.35 Å². The van der Waals surface area contributed by atoms with Gasteiger partial charge in [0, 0.05) is 27.7 Å². The van der Waals surface area contributed by atoms with Crippen molar-refractivity contribution in [1.29, 1.82) is 0 Å². The number of carbonyl (C=O) groups is 2. The van der Waals surface area contributed by atoms with E-state index >= 15 is 0 Å². The molecule has 0 bridgehead atoms. The minimum absolute atomic E-state index is 0. The summed E-state index contributed by atoms with van der Waals surface area (Å²) in [4.78, 5) is 24.2. The molecule has 0 aliphatic carbocycles. The average Bonchev–Trinajstić information content (AvgIpc) is 2.83. The summed E-state index contributed by atoms with van der Waals surface area (Å²) in [7, 11) is -9.48. The average molecular weight is 584 g/mol. The molecule has 0 radical (unpaired) electrons. The van der Waals surface area contributed by atoms with Crippen molar-refractivity contribution in [2.24, 2.45) is 0 Å². The van der Waals surface area contributed by atoms with Crippen LogP contribution >= 0.6 is 0 Å². The predicted octanol–water partition coefficient (Wildman–Crippen LogP) is 3.70. The number of carbonyl (C=O) groups excluding carboxylic acids is 2. The number of amides is 3. The molecule has 0 aliphatic heterocycles. The number of nitrogens with one attached hydrogen (secondary N) is 3. The molecule has 4 aromatic carbocycles. The van der Waals surface area contributed by atoms with E-state index in [0.29, 0.717) is 0 Å². The van der Waals surface area contributed by atoms with E-state index in [2.05, 4.69) is 16.0 Å². The number of fused-ring (bicyclic) bond motifs is 1. The Balaban J connectivity index is 0.00000420. The molecule has 5 N–H and O–H groups in total. The predicted molar refractivity (Wildman–Crippen MR) is 144 cm³/mol. The van der Waals surface area contributed by atoms with Crippen molar-refractivity contribution in [1.82, 2.24) is 0 Å². The van der Waals surface area contributed by atoms with Crippen molar-refractivity contribution < 1.29 is 40.0 Å². The number of urea groups is 1. The van der Waals surface area contributed by atoms with Crippen LogP contribution in [0.1, 0.15) is 10.4 Å². The summed E-state index contributed by atoms with van der Waals surface area (Å²) in [6.45, 7) is 0. The first kappa shape index (κ1) is 30.0. The minimum atomic E-state index is -4.87. The molecular weight excluding hydrogens is 564 g/mol. The second kappa shape index (κ2) is 11.7. The molecule has 3 amide bonds. The van der Waals surface area contributed by atoms with Gasteiger partial charge in [0.15, 0.2) is 0 Å². The van der Waals surface area contributed by atoms with Gasteiger partial charge in [-0.25, -0.2) is 4.79 Å². The van der Waals surface area contributed by atoms with Gasteiger partial charge in [0.1, 0.15) is 10.6 Å². The SMILES string of the molecule is O=C(Nc1ccc(S(=O)(=O)F)cc1)Nc1cccc(C(=O)Nc2ccc(S(=O)(=O)O)c3cccc(O)c23)c1.[NaH]. The van der Waals surface area contributed by atoms with Crippen molar-refractivity contribution in [3.63, 3.8) is 0 Å². The van der Waals surface area contributed by atoms with E-state index < -0.39 is 42.1 Å². The van der Waals surface area contributed by atoms with Gasteiger partial charge in [-0.05, 0) is 60.7 Å². The van der Waals surface area contributed by atoms with Crippen molar-refractivity contribution in [3.05, 3.63) is 84.4 Å². The Kier molecular flexibility index (Phi) is 9.00. The fraction of sp³-hybridized carbons (Fsp3) is 0. The molecule has 0 fully saturated rings. The third-order valence-corrected chi connectivity index (χ3v) is 7.03. The zero-order chi connectivity index (χ0) is 27.7. The number of anilines is 3. The van der Waals surface area contributed by atoms with Gasteiger partial charge in [-0.2, -0.15) is 16.8 Å². The summed E-state index contributed by atoms with van der Waals surface area (Å²) in [6, 6.07) is 15.8. The number of hydrogen-bond acceptors (Lipinski definition) is 7. The second-order valence-electron chi connectivity index (χ2n) is 7.86. The molecule has 4 rings (SSSR count).